The van der Waals surface area contributed by atoms with Gasteiger partial charge in [-0.25, -0.2) is 4.68 Å². The number of rotatable bonds is 5. The van der Waals surface area contributed by atoms with Crippen molar-refractivity contribution in [1.82, 2.24) is 20.4 Å². The standard InChI is InChI=1S/C22H24N4O2/c1-14-4-9-18(15(2)10-14)19-11-20-22(27)24-13-21(26(20)25-19)23-12-16-5-7-17(28-3)8-6-16/h4-11,21,23H,12-13H2,1-3H3,(H,24,27)/t21-/m0/s1. The molecule has 1 aromatic heterocycles. The largest absolute Gasteiger partial charge is 0.497 e. The van der Waals surface area contributed by atoms with E-state index in [-0.39, 0.29) is 12.1 Å². The normalized spacial score (nSPS) is 15.8. The zero-order valence-electron chi connectivity index (χ0n) is 16.3. The predicted octanol–water partition coefficient (Wildman–Crippen LogP) is 3.21. The number of hydrogen-bond acceptors (Lipinski definition) is 4. The van der Waals surface area contributed by atoms with E-state index in [1.165, 1.54) is 5.56 Å². The maximum Gasteiger partial charge on any atom is 0.269 e. The summed E-state index contributed by atoms with van der Waals surface area (Å²) in [6, 6.07) is 16.1. The molecule has 28 heavy (non-hydrogen) atoms. The molecular weight excluding hydrogens is 352 g/mol. The van der Waals surface area contributed by atoms with Gasteiger partial charge in [0.1, 0.15) is 17.6 Å². The molecule has 0 radical (unpaired) electrons. The highest BCUT2D eigenvalue weighted by Crippen LogP contribution is 2.26. The second-order valence-electron chi connectivity index (χ2n) is 7.13. The molecule has 0 spiro atoms. The van der Waals surface area contributed by atoms with Crippen LogP contribution in [0.3, 0.4) is 0 Å². The topological polar surface area (TPSA) is 68.2 Å². The van der Waals surface area contributed by atoms with Crippen molar-refractivity contribution in [3.63, 3.8) is 0 Å². The number of aromatic nitrogens is 2. The summed E-state index contributed by atoms with van der Waals surface area (Å²) in [5, 5.41) is 11.2. The molecule has 6 nitrogen and oxygen atoms in total. The fourth-order valence-corrected chi connectivity index (χ4v) is 3.54. The molecule has 1 atom stereocenters. The highest BCUT2D eigenvalue weighted by molar-refractivity contribution is 5.94. The molecule has 0 saturated carbocycles. The van der Waals surface area contributed by atoms with Gasteiger partial charge in [0, 0.05) is 12.1 Å². The van der Waals surface area contributed by atoms with Crippen LogP contribution in [0.4, 0.5) is 0 Å². The van der Waals surface area contributed by atoms with Gasteiger partial charge < -0.3 is 10.1 Å². The van der Waals surface area contributed by atoms with Crippen molar-refractivity contribution in [2.45, 2.75) is 26.6 Å². The van der Waals surface area contributed by atoms with Crippen molar-refractivity contribution < 1.29 is 9.53 Å². The van der Waals surface area contributed by atoms with E-state index < -0.39 is 0 Å². The fraction of sp³-hybridized carbons (Fsp3) is 0.273. The van der Waals surface area contributed by atoms with Crippen LogP contribution < -0.4 is 15.4 Å². The fourth-order valence-electron chi connectivity index (χ4n) is 3.54. The van der Waals surface area contributed by atoms with Crippen LogP contribution in [0.1, 0.15) is 33.3 Å². The van der Waals surface area contributed by atoms with E-state index in [9.17, 15) is 4.79 Å². The lowest BCUT2D eigenvalue weighted by molar-refractivity contribution is 0.0900. The molecule has 3 aromatic rings. The minimum Gasteiger partial charge on any atom is -0.497 e. The average Bonchev–Trinajstić information content (AvgIpc) is 3.14. The summed E-state index contributed by atoms with van der Waals surface area (Å²) in [5.41, 5.74) is 5.95. The van der Waals surface area contributed by atoms with Crippen LogP contribution in [0.15, 0.2) is 48.5 Å². The minimum absolute atomic E-state index is 0.0917. The Morgan fingerprint density at radius 2 is 1.96 bits per heavy atom. The zero-order valence-corrected chi connectivity index (χ0v) is 16.3. The molecule has 0 fully saturated rings. The predicted molar refractivity (Wildman–Crippen MR) is 108 cm³/mol. The summed E-state index contributed by atoms with van der Waals surface area (Å²) in [5.74, 6) is 0.743. The molecule has 2 heterocycles. The molecule has 4 rings (SSSR count). The second kappa shape index (κ2) is 7.48. The molecule has 0 aliphatic carbocycles. The Hall–Kier alpha value is -3.12. The van der Waals surface area contributed by atoms with Crippen molar-refractivity contribution in [3.8, 4) is 17.0 Å². The molecule has 2 aromatic carbocycles. The Labute approximate surface area is 164 Å². The van der Waals surface area contributed by atoms with Gasteiger partial charge in [0.25, 0.3) is 5.91 Å². The molecule has 0 unspecified atom stereocenters. The maximum absolute atomic E-state index is 12.3. The number of carbonyl (C=O) groups is 1. The monoisotopic (exact) mass is 376 g/mol. The third kappa shape index (κ3) is 3.51. The number of nitrogens with one attached hydrogen (secondary N) is 2. The number of amides is 1. The molecule has 2 N–H and O–H groups in total. The summed E-state index contributed by atoms with van der Waals surface area (Å²) in [4.78, 5) is 12.3. The number of hydrogen-bond donors (Lipinski definition) is 2. The Morgan fingerprint density at radius 3 is 2.68 bits per heavy atom. The van der Waals surface area contributed by atoms with Gasteiger partial charge in [0.05, 0.1) is 19.3 Å². The Bertz CT molecular complexity index is 1010. The van der Waals surface area contributed by atoms with Crippen molar-refractivity contribution in [3.05, 3.63) is 70.9 Å². The van der Waals surface area contributed by atoms with E-state index >= 15 is 0 Å². The summed E-state index contributed by atoms with van der Waals surface area (Å²) < 4.78 is 7.00. The smallest absolute Gasteiger partial charge is 0.269 e. The third-order valence-corrected chi connectivity index (χ3v) is 5.08. The quantitative estimate of drug-likeness (QED) is 0.718. The minimum atomic E-state index is -0.102. The van der Waals surface area contributed by atoms with E-state index in [0.717, 1.165) is 28.1 Å². The van der Waals surface area contributed by atoms with E-state index in [2.05, 4.69) is 42.7 Å². The van der Waals surface area contributed by atoms with Crippen LogP contribution in [0.2, 0.25) is 0 Å². The van der Waals surface area contributed by atoms with Gasteiger partial charge in [0.2, 0.25) is 0 Å². The first kappa shape index (κ1) is 18.3. The number of fused-ring (bicyclic) bond motifs is 1. The van der Waals surface area contributed by atoms with E-state index in [0.29, 0.717) is 18.8 Å². The number of ether oxygens (including phenoxy) is 1. The molecule has 0 bridgehead atoms. The van der Waals surface area contributed by atoms with Gasteiger partial charge >= 0.3 is 0 Å². The lowest BCUT2D eigenvalue weighted by Crippen LogP contribution is -2.45. The number of methoxy groups -OCH3 is 1. The van der Waals surface area contributed by atoms with Gasteiger partial charge in [-0.3, -0.25) is 10.1 Å². The van der Waals surface area contributed by atoms with Gasteiger partial charge in [-0.15, -0.1) is 0 Å². The van der Waals surface area contributed by atoms with Crippen molar-refractivity contribution in [1.29, 1.82) is 0 Å². The number of aryl methyl sites for hydroxylation is 2. The summed E-state index contributed by atoms with van der Waals surface area (Å²) in [7, 11) is 1.66. The van der Waals surface area contributed by atoms with Crippen LogP contribution in [0, 0.1) is 13.8 Å². The summed E-state index contributed by atoms with van der Waals surface area (Å²) >= 11 is 0. The van der Waals surface area contributed by atoms with Crippen LogP contribution >= 0.6 is 0 Å². The first-order valence-corrected chi connectivity index (χ1v) is 9.37. The van der Waals surface area contributed by atoms with Crippen LogP contribution in [-0.2, 0) is 6.54 Å². The molecule has 1 aliphatic heterocycles. The Balaban J connectivity index is 1.58. The second-order valence-corrected chi connectivity index (χ2v) is 7.13. The van der Waals surface area contributed by atoms with Crippen molar-refractivity contribution >= 4 is 5.91 Å². The lowest BCUT2D eigenvalue weighted by Gasteiger charge is -2.25. The van der Waals surface area contributed by atoms with Gasteiger partial charge in [-0.1, -0.05) is 35.9 Å². The van der Waals surface area contributed by atoms with Crippen LogP contribution in [-0.4, -0.2) is 29.3 Å². The Kier molecular flexibility index (Phi) is 4.88. The summed E-state index contributed by atoms with van der Waals surface area (Å²) in [6.07, 6.45) is -0.102. The molecular formula is C22H24N4O2. The molecule has 6 heteroatoms. The van der Waals surface area contributed by atoms with Crippen molar-refractivity contribution in [2.24, 2.45) is 0 Å². The number of nitrogens with zero attached hydrogens (tertiary/aromatic N) is 2. The lowest BCUT2D eigenvalue weighted by atomic mass is 10.0. The van der Waals surface area contributed by atoms with E-state index in [1.807, 2.05) is 30.3 Å². The first-order valence-electron chi connectivity index (χ1n) is 9.37. The number of carbonyl (C=O) groups excluding carboxylic acids is 1. The first-order chi connectivity index (χ1) is 13.5. The maximum atomic E-state index is 12.3. The SMILES string of the molecule is COc1ccc(CN[C@@H]2CNC(=O)c3cc(-c4ccc(C)cc4C)nn32)cc1. The summed E-state index contributed by atoms with van der Waals surface area (Å²) in [6.45, 7) is 5.31. The van der Waals surface area contributed by atoms with E-state index in [1.54, 1.807) is 11.8 Å². The van der Waals surface area contributed by atoms with Crippen molar-refractivity contribution in [2.75, 3.05) is 13.7 Å². The van der Waals surface area contributed by atoms with Gasteiger partial charge in [0.15, 0.2) is 0 Å². The number of benzene rings is 2. The Morgan fingerprint density at radius 1 is 1.18 bits per heavy atom. The highest BCUT2D eigenvalue weighted by Gasteiger charge is 2.27. The average molecular weight is 376 g/mol. The zero-order chi connectivity index (χ0) is 19.7. The van der Waals surface area contributed by atoms with Gasteiger partial charge in [-0.05, 0) is 43.2 Å². The van der Waals surface area contributed by atoms with Gasteiger partial charge in [-0.2, -0.15) is 5.10 Å². The molecule has 0 saturated heterocycles. The van der Waals surface area contributed by atoms with Crippen LogP contribution in [0.5, 0.6) is 5.75 Å². The molecule has 1 aliphatic rings. The molecule has 1 amide bonds. The van der Waals surface area contributed by atoms with Crippen LogP contribution in [0.25, 0.3) is 11.3 Å². The molecule has 144 valence electrons. The highest BCUT2D eigenvalue weighted by atomic mass is 16.5. The third-order valence-electron chi connectivity index (χ3n) is 5.08. The van der Waals surface area contributed by atoms with E-state index in [4.69, 9.17) is 9.84 Å².